The molecular formula is C12H17N6O2+. The Morgan fingerprint density at radius 2 is 2.10 bits per heavy atom. The number of methoxy groups -OCH3 is 2. The van der Waals surface area contributed by atoms with Crippen molar-refractivity contribution in [3.05, 3.63) is 29.6 Å². The van der Waals surface area contributed by atoms with Gasteiger partial charge in [-0.2, -0.15) is 10.5 Å². The molecule has 0 saturated heterocycles. The Hall–Kier alpha value is -2.77. The van der Waals surface area contributed by atoms with Crippen LogP contribution in [0.1, 0.15) is 11.4 Å². The number of aryl methyl sites for hydroxylation is 1. The summed E-state index contributed by atoms with van der Waals surface area (Å²) >= 11 is 0. The zero-order valence-electron chi connectivity index (χ0n) is 11.5. The molecule has 0 aliphatic carbocycles. The van der Waals surface area contributed by atoms with Gasteiger partial charge in [0.05, 0.1) is 20.4 Å². The van der Waals surface area contributed by atoms with E-state index in [0.29, 0.717) is 23.3 Å². The van der Waals surface area contributed by atoms with Crippen LogP contribution >= 0.6 is 0 Å². The molecule has 20 heavy (non-hydrogen) atoms. The molecule has 2 aromatic rings. The second-order valence-electron chi connectivity index (χ2n) is 3.99. The van der Waals surface area contributed by atoms with Crippen LogP contribution in [-0.4, -0.2) is 30.6 Å². The molecule has 106 valence electrons. The van der Waals surface area contributed by atoms with E-state index >= 15 is 0 Å². The molecule has 0 aliphatic heterocycles. The van der Waals surface area contributed by atoms with Crippen molar-refractivity contribution in [3.63, 3.8) is 0 Å². The first kappa shape index (κ1) is 13.7. The molecule has 0 bridgehead atoms. The van der Waals surface area contributed by atoms with Crippen LogP contribution in [0.5, 0.6) is 11.5 Å². The number of nitrogens with two attached hydrogens (primary N) is 1. The average Bonchev–Trinajstić information content (AvgIpc) is 2.79. The van der Waals surface area contributed by atoms with Gasteiger partial charge in [0, 0.05) is 12.0 Å². The summed E-state index contributed by atoms with van der Waals surface area (Å²) in [4.78, 5) is 0. The van der Waals surface area contributed by atoms with E-state index < -0.39 is 0 Å². The Bertz CT molecular complexity index is 622. The Kier molecular flexibility index (Phi) is 4.04. The van der Waals surface area contributed by atoms with Gasteiger partial charge in [-0.05, 0) is 23.8 Å². The van der Waals surface area contributed by atoms with E-state index in [9.17, 15) is 0 Å². The lowest BCUT2D eigenvalue weighted by Crippen LogP contribution is -2.47. The van der Waals surface area contributed by atoms with Gasteiger partial charge in [-0.1, -0.05) is 0 Å². The van der Waals surface area contributed by atoms with Gasteiger partial charge in [0.15, 0.2) is 11.5 Å². The first-order valence-corrected chi connectivity index (χ1v) is 5.89. The third-order valence-electron chi connectivity index (χ3n) is 2.70. The van der Waals surface area contributed by atoms with Crippen LogP contribution in [0.4, 0.5) is 5.95 Å². The van der Waals surface area contributed by atoms with E-state index in [1.807, 2.05) is 18.2 Å². The highest BCUT2D eigenvalue weighted by Crippen LogP contribution is 2.26. The van der Waals surface area contributed by atoms with Crippen molar-refractivity contribution in [1.29, 1.82) is 0 Å². The average molecular weight is 277 g/mol. The fourth-order valence-electron chi connectivity index (χ4n) is 1.58. The number of hydrazone groups is 1. The minimum absolute atomic E-state index is 0.416. The third-order valence-corrected chi connectivity index (χ3v) is 2.70. The standard InChI is InChI=1S/C12H16N6O2/c1-8-15-17-12(18(8)13)16-14-7-9-4-5-10(19-2)11(6-9)20-3/h4-7H,13H2,1-3H3,(H,16,17)/p+1/b14-7+. The molecule has 2 rings (SSSR count). The van der Waals surface area contributed by atoms with Crippen LogP contribution in [0.15, 0.2) is 23.3 Å². The molecule has 1 aromatic heterocycles. The van der Waals surface area contributed by atoms with E-state index in [1.165, 1.54) is 4.68 Å². The van der Waals surface area contributed by atoms with Crippen LogP contribution in [0.25, 0.3) is 0 Å². The molecule has 0 aliphatic rings. The quantitative estimate of drug-likeness (QED) is 0.313. The predicted octanol–water partition coefficient (Wildman–Crippen LogP) is 0.183. The van der Waals surface area contributed by atoms with E-state index in [2.05, 4.69) is 20.7 Å². The van der Waals surface area contributed by atoms with E-state index in [1.54, 1.807) is 27.4 Å². The molecule has 0 unspecified atom stereocenters. The molecule has 8 nitrogen and oxygen atoms in total. The summed E-state index contributed by atoms with van der Waals surface area (Å²) in [5.74, 6) is 8.15. The molecule has 1 heterocycles. The van der Waals surface area contributed by atoms with Crippen LogP contribution in [-0.2, 0) is 0 Å². The number of H-pyrrole nitrogens is 1. The second kappa shape index (κ2) is 5.91. The monoisotopic (exact) mass is 277 g/mol. The van der Waals surface area contributed by atoms with Gasteiger partial charge in [0.1, 0.15) is 0 Å². The molecule has 0 amide bonds. The number of ether oxygens (including phenoxy) is 2. The van der Waals surface area contributed by atoms with Crippen molar-refractivity contribution < 1.29 is 14.1 Å². The van der Waals surface area contributed by atoms with Gasteiger partial charge in [0.2, 0.25) is 5.82 Å². The highest BCUT2D eigenvalue weighted by molar-refractivity contribution is 5.81. The Morgan fingerprint density at radius 3 is 2.70 bits per heavy atom. The number of nitrogen functional groups attached to an aromatic ring is 1. The van der Waals surface area contributed by atoms with Crippen molar-refractivity contribution in [2.75, 3.05) is 25.5 Å². The Labute approximate surface area is 116 Å². The summed E-state index contributed by atoms with van der Waals surface area (Å²) in [5, 5.41) is 10.7. The van der Waals surface area contributed by atoms with Gasteiger partial charge in [-0.15, -0.1) is 9.78 Å². The van der Waals surface area contributed by atoms with Crippen molar-refractivity contribution in [2.45, 2.75) is 6.92 Å². The maximum Gasteiger partial charge on any atom is 0.421 e. The zero-order valence-corrected chi connectivity index (χ0v) is 11.5. The highest BCUT2D eigenvalue weighted by atomic mass is 16.5. The largest absolute Gasteiger partial charge is 0.493 e. The molecular weight excluding hydrogens is 260 g/mol. The smallest absolute Gasteiger partial charge is 0.421 e. The van der Waals surface area contributed by atoms with Crippen molar-refractivity contribution in [1.82, 2.24) is 10.2 Å². The number of hydrogen-bond acceptors (Lipinski definition) is 6. The number of benzene rings is 1. The fourth-order valence-corrected chi connectivity index (χ4v) is 1.58. The summed E-state index contributed by atoms with van der Waals surface area (Å²) < 4.78 is 11.7. The zero-order chi connectivity index (χ0) is 14.5. The molecule has 0 fully saturated rings. The number of aromatic nitrogens is 3. The van der Waals surface area contributed by atoms with Gasteiger partial charge >= 0.3 is 5.95 Å². The highest BCUT2D eigenvalue weighted by Gasteiger charge is 2.11. The molecule has 4 N–H and O–H groups in total. The lowest BCUT2D eigenvalue weighted by molar-refractivity contribution is -0.631. The third kappa shape index (κ3) is 2.79. The van der Waals surface area contributed by atoms with E-state index in [0.717, 1.165) is 5.56 Å². The molecule has 0 radical (unpaired) electrons. The van der Waals surface area contributed by atoms with Gasteiger partial charge in [-0.25, -0.2) is 0 Å². The lowest BCUT2D eigenvalue weighted by Gasteiger charge is -2.07. The minimum atomic E-state index is 0.416. The summed E-state index contributed by atoms with van der Waals surface area (Å²) in [6, 6.07) is 5.48. The van der Waals surface area contributed by atoms with Crippen LogP contribution in [0, 0.1) is 6.92 Å². The van der Waals surface area contributed by atoms with Crippen molar-refractivity contribution >= 4 is 12.2 Å². The van der Waals surface area contributed by atoms with Gasteiger partial charge in [0.25, 0.3) is 0 Å². The second-order valence-corrected chi connectivity index (χ2v) is 3.99. The number of anilines is 1. The van der Waals surface area contributed by atoms with E-state index in [-0.39, 0.29) is 0 Å². The molecule has 0 saturated carbocycles. The van der Waals surface area contributed by atoms with Crippen LogP contribution in [0.2, 0.25) is 0 Å². The van der Waals surface area contributed by atoms with Crippen LogP contribution in [0.3, 0.4) is 0 Å². The molecule has 1 aromatic carbocycles. The minimum Gasteiger partial charge on any atom is -0.493 e. The van der Waals surface area contributed by atoms with Crippen molar-refractivity contribution in [2.24, 2.45) is 5.10 Å². The molecule has 0 spiro atoms. The van der Waals surface area contributed by atoms with Crippen LogP contribution < -0.4 is 25.4 Å². The first-order valence-electron chi connectivity index (χ1n) is 5.89. The fraction of sp³-hybridized carbons (Fsp3) is 0.250. The number of aromatic amines is 1. The summed E-state index contributed by atoms with van der Waals surface area (Å²) in [5.41, 5.74) is 3.59. The summed E-state index contributed by atoms with van der Waals surface area (Å²) in [6.07, 6.45) is 1.63. The van der Waals surface area contributed by atoms with Gasteiger partial charge in [-0.3, -0.25) is 5.84 Å². The number of rotatable bonds is 5. The van der Waals surface area contributed by atoms with Crippen molar-refractivity contribution in [3.8, 4) is 11.5 Å². The first-order chi connectivity index (χ1) is 9.65. The maximum atomic E-state index is 5.72. The normalized spacial score (nSPS) is 10.8. The summed E-state index contributed by atoms with van der Waals surface area (Å²) in [6.45, 7) is 1.80. The van der Waals surface area contributed by atoms with E-state index in [4.69, 9.17) is 15.3 Å². The predicted molar refractivity (Wildman–Crippen MR) is 74.4 cm³/mol. The molecule has 8 heteroatoms. The number of hydrogen-bond donors (Lipinski definition) is 3. The SMILES string of the molecule is COc1ccc(/C=N/Nc2n[nH]c(C)[n+]2N)cc1OC. The maximum absolute atomic E-state index is 5.72. The lowest BCUT2D eigenvalue weighted by atomic mass is 10.2. The Balaban J connectivity index is 2.10. The van der Waals surface area contributed by atoms with Gasteiger partial charge < -0.3 is 9.47 Å². The summed E-state index contributed by atoms with van der Waals surface area (Å²) in [7, 11) is 3.17. The number of nitrogens with one attached hydrogen (secondary N) is 2. The number of nitrogens with zero attached hydrogens (tertiary/aromatic N) is 3. The molecule has 0 atom stereocenters. The topological polar surface area (TPSA) is 101 Å². The Morgan fingerprint density at radius 1 is 1.35 bits per heavy atom.